The van der Waals surface area contributed by atoms with E-state index in [-0.39, 0.29) is 0 Å². The molecule has 0 saturated carbocycles. The molecular weight excluding hydrogens is 202 g/mol. The summed E-state index contributed by atoms with van der Waals surface area (Å²) >= 11 is 0. The van der Waals surface area contributed by atoms with Crippen molar-refractivity contribution in [2.24, 2.45) is 5.73 Å². The second kappa shape index (κ2) is 4.76. The van der Waals surface area contributed by atoms with Crippen molar-refractivity contribution >= 4 is 5.82 Å². The summed E-state index contributed by atoms with van der Waals surface area (Å²) in [5.41, 5.74) is 6.72. The fraction of sp³-hybridized carbons (Fsp3) is 0.273. The van der Waals surface area contributed by atoms with Gasteiger partial charge in [-0.2, -0.15) is 0 Å². The molecule has 0 atom stereocenters. The fourth-order valence-corrected chi connectivity index (χ4v) is 1.51. The number of anilines is 1. The van der Waals surface area contributed by atoms with E-state index in [1.54, 1.807) is 6.20 Å². The van der Waals surface area contributed by atoms with Gasteiger partial charge in [0.15, 0.2) is 0 Å². The molecule has 84 valence electrons. The number of hydrogen-bond donors (Lipinski definition) is 2. The lowest BCUT2D eigenvalue weighted by Gasteiger charge is -2.17. The van der Waals surface area contributed by atoms with Crippen LogP contribution >= 0.6 is 0 Å². The summed E-state index contributed by atoms with van der Waals surface area (Å²) < 4.78 is 0. The molecule has 3 N–H and O–H groups in total. The van der Waals surface area contributed by atoms with Gasteiger partial charge in [-0.25, -0.2) is 9.97 Å². The maximum Gasteiger partial charge on any atom is 0.144 e. The van der Waals surface area contributed by atoms with E-state index in [0.717, 1.165) is 12.4 Å². The van der Waals surface area contributed by atoms with E-state index in [2.05, 4.69) is 19.9 Å². The monoisotopic (exact) mass is 217 g/mol. The average molecular weight is 217 g/mol. The number of nitrogens with one attached hydrogen (secondary N) is 1. The van der Waals surface area contributed by atoms with Gasteiger partial charge in [0.05, 0.1) is 6.54 Å². The van der Waals surface area contributed by atoms with Crippen LogP contribution in [0.3, 0.4) is 0 Å². The predicted molar refractivity (Wildman–Crippen MR) is 62.8 cm³/mol. The molecule has 2 rings (SSSR count). The van der Waals surface area contributed by atoms with Gasteiger partial charge in [0.1, 0.15) is 11.6 Å². The summed E-state index contributed by atoms with van der Waals surface area (Å²) in [6.07, 6.45) is 5.62. The molecular formula is C11H15N5. The number of H-pyrrole nitrogens is 1. The maximum absolute atomic E-state index is 5.51. The summed E-state index contributed by atoms with van der Waals surface area (Å²) in [4.78, 5) is 13.5. The molecule has 0 aliphatic heterocycles. The Morgan fingerprint density at radius 1 is 1.44 bits per heavy atom. The number of nitrogens with zero attached hydrogens (tertiary/aromatic N) is 3. The molecule has 0 unspecified atom stereocenters. The van der Waals surface area contributed by atoms with Crippen molar-refractivity contribution < 1.29 is 0 Å². The minimum absolute atomic E-state index is 0.367. The summed E-state index contributed by atoms with van der Waals surface area (Å²) in [6, 6.07) is 3.92. The van der Waals surface area contributed by atoms with E-state index in [1.807, 2.05) is 31.6 Å². The van der Waals surface area contributed by atoms with Crippen LogP contribution in [0.5, 0.6) is 0 Å². The number of aromatic nitrogens is 3. The van der Waals surface area contributed by atoms with Crippen LogP contribution in [-0.4, -0.2) is 22.0 Å². The lowest BCUT2D eigenvalue weighted by Crippen LogP contribution is -2.18. The van der Waals surface area contributed by atoms with E-state index >= 15 is 0 Å². The van der Waals surface area contributed by atoms with Crippen molar-refractivity contribution in [2.75, 3.05) is 11.9 Å². The van der Waals surface area contributed by atoms with Crippen molar-refractivity contribution in [2.45, 2.75) is 13.1 Å². The molecule has 0 aromatic carbocycles. The third-order valence-corrected chi connectivity index (χ3v) is 2.35. The topological polar surface area (TPSA) is 70.8 Å². The molecule has 0 amide bonds. The quantitative estimate of drug-likeness (QED) is 0.798. The Kier molecular flexibility index (Phi) is 3.16. The molecule has 0 spiro atoms. The van der Waals surface area contributed by atoms with Crippen molar-refractivity contribution in [3.05, 3.63) is 42.1 Å². The minimum atomic E-state index is 0.367. The molecule has 0 saturated heterocycles. The normalized spacial score (nSPS) is 10.4. The first-order valence-corrected chi connectivity index (χ1v) is 5.14. The zero-order valence-electron chi connectivity index (χ0n) is 9.22. The summed E-state index contributed by atoms with van der Waals surface area (Å²) in [5.74, 6) is 1.55. The molecule has 16 heavy (non-hydrogen) atoms. The standard InChI is InChI=1S/C11H15N5/c1-16(8-9-2-4-13-7-9)11-3-5-14-10(6-12)15-11/h2-5,7,13H,6,8,12H2,1H3. The van der Waals surface area contributed by atoms with Gasteiger partial charge < -0.3 is 15.6 Å². The van der Waals surface area contributed by atoms with Gasteiger partial charge >= 0.3 is 0 Å². The summed E-state index contributed by atoms with van der Waals surface area (Å²) in [7, 11) is 2.00. The Bertz CT molecular complexity index is 437. The average Bonchev–Trinajstić information content (AvgIpc) is 2.82. The molecule has 5 nitrogen and oxygen atoms in total. The highest BCUT2D eigenvalue weighted by molar-refractivity contribution is 5.37. The SMILES string of the molecule is CN(Cc1cc[nH]c1)c1ccnc(CN)n1. The van der Waals surface area contributed by atoms with Gasteiger partial charge in [0.25, 0.3) is 0 Å². The third kappa shape index (κ3) is 2.38. The second-order valence-corrected chi connectivity index (χ2v) is 3.61. The molecule has 0 fully saturated rings. The second-order valence-electron chi connectivity index (χ2n) is 3.61. The van der Waals surface area contributed by atoms with E-state index in [0.29, 0.717) is 12.4 Å². The molecule has 5 heteroatoms. The Labute approximate surface area is 94.3 Å². The van der Waals surface area contributed by atoms with E-state index < -0.39 is 0 Å². The van der Waals surface area contributed by atoms with Crippen LogP contribution in [0, 0.1) is 0 Å². The molecule has 0 aliphatic carbocycles. The van der Waals surface area contributed by atoms with Crippen molar-refractivity contribution in [1.82, 2.24) is 15.0 Å². The van der Waals surface area contributed by atoms with Crippen LogP contribution in [-0.2, 0) is 13.1 Å². The summed E-state index contributed by atoms with van der Waals surface area (Å²) in [5, 5.41) is 0. The lowest BCUT2D eigenvalue weighted by molar-refractivity contribution is 0.849. The lowest BCUT2D eigenvalue weighted by atomic mass is 10.3. The highest BCUT2D eigenvalue weighted by atomic mass is 15.2. The van der Waals surface area contributed by atoms with Crippen LogP contribution < -0.4 is 10.6 Å². The van der Waals surface area contributed by atoms with E-state index in [9.17, 15) is 0 Å². The van der Waals surface area contributed by atoms with Gasteiger partial charge in [0.2, 0.25) is 0 Å². The zero-order valence-corrected chi connectivity index (χ0v) is 9.22. The Morgan fingerprint density at radius 3 is 3.00 bits per heavy atom. The predicted octanol–water partition coefficient (Wildman–Crippen LogP) is 0.900. The molecule has 0 radical (unpaired) electrons. The smallest absolute Gasteiger partial charge is 0.144 e. The van der Waals surface area contributed by atoms with E-state index in [1.165, 1.54) is 5.56 Å². The Hall–Kier alpha value is -1.88. The number of rotatable bonds is 4. The Balaban J connectivity index is 2.11. The van der Waals surface area contributed by atoms with Crippen LogP contribution in [0.4, 0.5) is 5.82 Å². The highest BCUT2D eigenvalue weighted by Gasteiger charge is 2.04. The van der Waals surface area contributed by atoms with Crippen LogP contribution in [0.15, 0.2) is 30.7 Å². The van der Waals surface area contributed by atoms with Gasteiger partial charge in [-0.1, -0.05) is 0 Å². The van der Waals surface area contributed by atoms with Crippen molar-refractivity contribution in [3.8, 4) is 0 Å². The van der Waals surface area contributed by atoms with Crippen molar-refractivity contribution in [1.29, 1.82) is 0 Å². The van der Waals surface area contributed by atoms with E-state index in [4.69, 9.17) is 5.73 Å². The minimum Gasteiger partial charge on any atom is -0.367 e. The maximum atomic E-state index is 5.51. The third-order valence-electron chi connectivity index (χ3n) is 2.35. The first-order chi connectivity index (χ1) is 7.79. The molecule has 2 heterocycles. The van der Waals surface area contributed by atoms with Gasteiger partial charge in [-0.3, -0.25) is 0 Å². The number of aromatic amines is 1. The first-order valence-electron chi connectivity index (χ1n) is 5.14. The highest BCUT2D eigenvalue weighted by Crippen LogP contribution is 2.11. The van der Waals surface area contributed by atoms with Crippen LogP contribution in [0.25, 0.3) is 0 Å². The molecule has 2 aromatic heterocycles. The van der Waals surface area contributed by atoms with Crippen LogP contribution in [0.2, 0.25) is 0 Å². The Morgan fingerprint density at radius 2 is 2.31 bits per heavy atom. The number of hydrogen-bond acceptors (Lipinski definition) is 4. The van der Waals surface area contributed by atoms with Crippen molar-refractivity contribution in [3.63, 3.8) is 0 Å². The molecule has 2 aromatic rings. The zero-order chi connectivity index (χ0) is 11.4. The fourth-order valence-electron chi connectivity index (χ4n) is 1.51. The summed E-state index contributed by atoms with van der Waals surface area (Å²) in [6.45, 7) is 1.18. The molecule has 0 aliphatic rings. The largest absolute Gasteiger partial charge is 0.367 e. The molecule has 0 bridgehead atoms. The van der Waals surface area contributed by atoms with Gasteiger partial charge in [-0.05, 0) is 17.7 Å². The van der Waals surface area contributed by atoms with Crippen LogP contribution in [0.1, 0.15) is 11.4 Å². The van der Waals surface area contributed by atoms with Gasteiger partial charge in [0, 0.05) is 32.2 Å². The van der Waals surface area contributed by atoms with Gasteiger partial charge in [-0.15, -0.1) is 0 Å². The first kappa shape index (κ1) is 10.6. The number of nitrogens with two attached hydrogens (primary N) is 1.